The number of nitrogens with zero attached hydrogens (tertiary/aromatic N) is 1. The Morgan fingerprint density at radius 2 is 1.94 bits per heavy atom. The van der Waals surface area contributed by atoms with Gasteiger partial charge in [0.15, 0.2) is 0 Å². The van der Waals surface area contributed by atoms with E-state index in [-0.39, 0.29) is 17.1 Å². The average Bonchev–Trinajstić information content (AvgIpc) is 2.71. The minimum absolute atomic E-state index is 0.146. The number of aromatic hydroxyl groups is 1. The van der Waals surface area contributed by atoms with Gasteiger partial charge >= 0.3 is 12.1 Å². The lowest BCUT2D eigenvalue weighted by atomic mass is 10.0. The van der Waals surface area contributed by atoms with E-state index in [1.54, 1.807) is 20.8 Å². The lowest BCUT2D eigenvalue weighted by Gasteiger charge is -2.29. The number of carbonyl (C=O) groups is 4. The van der Waals surface area contributed by atoms with Crippen LogP contribution in [0.1, 0.15) is 32.4 Å². The Bertz CT molecular complexity index is 892. The Kier molecular flexibility index (Phi) is 9.87. The summed E-state index contributed by atoms with van der Waals surface area (Å²) >= 11 is 4.09. The summed E-state index contributed by atoms with van der Waals surface area (Å²) in [6.45, 7) is 4.49. The van der Waals surface area contributed by atoms with Crippen LogP contribution in [-0.4, -0.2) is 64.9 Å². The molecule has 0 bridgehead atoms. The number of hydrogen-bond donors (Lipinski definition) is 4. The SMILES string of the molecule is C#CN(C(=O)C(CS)NC(=O)OC(C)(C)C)C(C(=O)NCC(=O)OC)c1cccc(O)c1. The number of terminal acetylenes is 1. The van der Waals surface area contributed by atoms with Gasteiger partial charge in [-0.2, -0.15) is 12.6 Å². The Hall–Kier alpha value is -3.39. The number of rotatable bonds is 8. The number of hydrogen-bond acceptors (Lipinski definition) is 8. The zero-order chi connectivity index (χ0) is 24.5. The van der Waals surface area contributed by atoms with Gasteiger partial charge < -0.3 is 25.2 Å². The number of phenolic OH excluding ortho intramolecular Hbond substituents is 1. The third-order valence-corrected chi connectivity index (χ3v) is 4.24. The molecule has 0 saturated carbocycles. The number of amides is 3. The second kappa shape index (κ2) is 11.9. The summed E-state index contributed by atoms with van der Waals surface area (Å²) in [7, 11) is 1.15. The molecular weight excluding hydrogens is 438 g/mol. The van der Waals surface area contributed by atoms with Gasteiger partial charge in [0.25, 0.3) is 5.91 Å². The molecule has 0 heterocycles. The predicted molar refractivity (Wildman–Crippen MR) is 119 cm³/mol. The molecule has 3 amide bonds. The van der Waals surface area contributed by atoms with Crippen LogP contribution < -0.4 is 10.6 Å². The maximum absolute atomic E-state index is 13.1. The van der Waals surface area contributed by atoms with Gasteiger partial charge in [-0.15, -0.1) is 0 Å². The summed E-state index contributed by atoms with van der Waals surface area (Å²) in [6, 6.07) is 5.03. The van der Waals surface area contributed by atoms with Gasteiger partial charge in [0.05, 0.1) is 7.11 Å². The van der Waals surface area contributed by atoms with E-state index in [2.05, 4.69) is 34.0 Å². The fourth-order valence-corrected chi connectivity index (χ4v) is 2.76. The van der Waals surface area contributed by atoms with Gasteiger partial charge in [0, 0.05) is 11.8 Å². The Morgan fingerprint density at radius 3 is 2.44 bits per heavy atom. The van der Waals surface area contributed by atoms with E-state index in [1.165, 1.54) is 24.3 Å². The third kappa shape index (κ3) is 8.03. The zero-order valence-corrected chi connectivity index (χ0v) is 19.1. The van der Waals surface area contributed by atoms with E-state index in [0.717, 1.165) is 12.0 Å². The third-order valence-electron chi connectivity index (χ3n) is 3.88. The van der Waals surface area contributed by atoms with Crippen molar-refractivity contribution >= 4 is 36.5 Å². The molecule has 2 atom stereocenters. The summed E-state index contributed by atoms with van der Waals surface area (Å²) in [5, 5.41) is 14.5. The van der Waals surface area contributed by atoms with E-state index in [0.29, 0.717) is 0 Å². The molecule has 2 unspecified atom stereocenters. The first-order valence-corrected chi connectivity index (χ1v) is 10.1. The summed E-state index contributed by atoms with van der Waals surface area (Å²) in [5.74, 6) is -2.66. The topological polar surface area (TPSA) is 134 Å². The molecule has 0 spiro atoms. The summed E-state index contributed by atoms with van der Waals surface area (Å²) in [5.41, 5.74) is -0.633. The molecule has 3 N–H and O–H groups in total. The van der Waals surface area contributed by atoms with Crippen molar-refractivity contribution in [2.75, 3.05) is 19.4 Å². The maximum atomic E-state index is 13.1. The molecule has 174 valence electrons. The van der Waals surface area contributed by atoms with Crippen molar-refractivity contribution in [1.29, 1.82) is 0 Å². The molecule has 0 saturated heterocycles. The highest BCUT2D eigenvalue weighted by molar-refractivity contribution is 7.80. The van der Waals surface area contributed by atoms with Crippen LogP contribution in [-0.2, 0) is 23.9 Å². The number of phenols is 1. The van der Waals surface area contributed by atoms with Crippen molar-refractivity contribution in [1.82, 2.24) is 15.5 Å². The quantitative estimate of drug-likeness (QED) is 0.194. The van der Waals surface area contributed by atoms with Crippen molar-refractivity contribution in [2.24, 2.45) is 0 Å². The minimum atomic E-state index is -1.42. The molecule has 1 rings (SSSR count). The Morgan fingerprint density at radius 1 is 1.28 bits per heavy atom. The van der Waals surface area contributed by atoms with Crippen LogP contribution in [0.25, 0.3) is 0 Å². The summed E-state index contributed by atoms with van der Waals surface area (Å²) < 4.78 is 9.64. The second-order valence-corrected chi connectivity index (χ2v) is 7.88. The monoisotopic (exact) mass is 465 g/mol. The highest BCUT2D eigenvalue weighted by atomic mass is 32.1. The standard InChI is InChI=1S/C21H27N3O7S/c1-6-24(19(28)15(12-32)23-20(29)31-21(2,3)4)17(13-8-7-9-14(25)10-13)18(27)22-11-16(26)30-5/h1,7-10,15,17,25,32H,11-12H2,2-5H3,(H,22,27)(H,23,29). The molecule has 10 nitrogen and oxygen atoms in total. The first-order chi connectivity index (χ1) is 14.9. The predicted octanol–water partition coefficient (Wildman–Crippen LogP) is 0.965. The number of alkyl carbamates (subject to hydrolysis) is 1. The van der Waals surface area contributed by atoms with Crippen molar-refractivity contribution in [3.05, 3.63) is 29.8 Å². The second-order valence-electron chi connectivity index (χ2n) is 7.51. The van der Waals surface area contributed by atoms with E-state index in [9.17, 15) is 24.3 Å². The van der Waals surface area contributed by atoms with Gasteiger partial charge in [-0.25, -0.2) is 4.79 Å². The molecule has 0 aliphatic heterocycles. The van der Waals surface area contributed by atoms with Crippen LogP contribution >= 0.6 is 12.6 Å². The van der Waals surface area contributed by atoms with Gasteiger partial charge in [-0.1, -0.05) is 18.6 Å². The molecular formula is C21H27N3O7S. The Balaban J connectivity index is 3.24. The van der Waals surface area contributed by atoms with Crippen LogP contribution in [0, 0.1) is 12.5 Å². The number of thiol groups is 1. The fraction of sp³-hybridized carbons (Fsp3) is 0.429. The number of benzene rings is 1. The minimum Gasteiger partial charge on any atom is -0.508 e. The van der Waals surface area contributed by atoms with Crippen molar-refractivity contribution in [2.45, 2.75) is 38.5 Å². The fourth-order valence-electron chi connectivity index (χ4n) is 2.51. The molecule has 0 aliphatic rings. The molecule has 0 aliphatic carbocycles. The van der Waals surface area contributed by atoms with E-state index in [4.69, 9.17) is 11.2 Å². The number of esters is 1. The average molecular weight is 466 g/mol. The number of nitrogens with one attached hydrogen (secondary N) is 2. The van der Waals surface area contributed by atoms with Gasteiger partial charge in [0.1, 0.15) is 30.0 Å². The van der Waals surface area contributed by atoms with Crippen LogP contribution in [0.4, 0.5) is 4.79 Å². The van der Waals surface area contributed by atoms with Crippen molar-refractivity contribution in [3.8, 4) is 18.2 Å². The van der Waals surface area contributed by atoms with E-state index >= 15 is 0 Å². The van der Waals surface area contributed by atoms with Gasteiger partial charge in [-0.05, 0) is 38.5 Å². The highest BCUT2D eigenvalue weighted by Gasteiger charge is 2.35. The van der Waals surface area contributed by atoms with E-state index in [1.807, 2.05) is 0 Å². The van der Waals surface area contributed by atoms with Gasteiger partial charge in [-0.3, -0.25) is 19.3 Å². The smallest absolute Gasteiger partial charge is 0.408 e. The van der Waals surface area contributed by atoms with Crippen molar-refractivity contribution < 1.29 is 33.8 Å². The zero-order valence-electron chi connectivity index (χ0n) is 18.2. The number of ether oxygens (including phenoxy) is 2. The Labute approximate surface area is 192 Å². The van der Waals surface area contributed by atoms with Crippen LogP contribution in [0.15, 0.2) is 24.3 Å². The highest BCUT2D eigenvalue weighted by Crippen LogP contribution is 2.25. The first kappa shape index (κ1) is 26.6. The molecule has 11 heteroatoms. The number of methoxy groups -OCH3 is 1. The van der Waals surface area contributed by atoms with Crippen molar-refractivity contribution in [3.63, 3.8) is 0 Å². The van der Waals surface area contributed by atoms with E-state index < -0.39 is 48.1 Å². The van der Waals surface area contributed by atoms with Crippen LogP contribution in [0.3, 0.4) is 0 Å². The lowest BCUT2D eigenvalue weighted by molar-refractivity contribution is -0.142. The molecule has 0 radical (unpaired) electrons. The molecule has 0 fully saturated rings. The maximum Gasteiger partial charge on any atom is 0.408 e. The molecule has 1 aromatic rings. The lowest BCUT2D eigenvalue weighted by Crippen LogP contribution is -2.52. The van der Waals surface area contributed by atoms with Crippen LogP contribution in [0.2, 0.25) is 0 Å². The van der Waals surface area contributed by atoms with Crippen LogP contribution in [0.5, 0.6) is 5.75 Å². The normalized spacial score (nSPS) is 12.5. The first-order valence-electron chi connectivity index (χ1n) is 9.46. The number of carbonyl (C=O) groups excluding carboxylic acids is 4. The summed E-state index contributed by atoms with van der Waals surface area (Å²) in [6.07, 6.45) is 4.68. The van der Waals surface area contributed by atoms with Gasteiger partial charge in [0.2, 0.25) is 5.91 Å². The largest absolute Gasteiger partial charge is 0.508 e. The molecule has 0 aromatic heterocycles. The molecule has 1 aromatic carbocycles. The molecule has 32 heavy (non-hydrogen) atoms. The summed E-state index contributed by atoms with van der Waals surface area (Å²) in [4.78, 5) is 50.3.